The average molecular weight is 249 g/mol. The van der Waals surface area contributed by atoms with Crippen molar-refractivity contribution in [2.45, 2.75) is 31.7 Å². The van der Waals surface area contributed by atoms with Crippen LogP contribution in [0.1, 0.15) is 24.8 Å². The number of hydrogen-bond acceptors (Lipinski definition) is 1. The Morgan fingerprint density at radius 1 is 1.35 bits per heavy atom. The first kappa shape index (κ1) is 11.1. The highest BCUT2D eigenvalue weighted by molar-refractivity contribution is 6.31. The molecule has 3 rings (SSSR count). The molecular formula is C14H17ClN2. The number of aromatic nitrogens is 1. The van der Waals surface area contributed by atoms with E-state index in [1.54, 1.807) is 0 Å². The molecule has 3 N–H and O–H groups in total. The normalized spacial score (nSPS) is 24.6. The van der Waals surface area contributed by atoms with Gasteiger partial charge >= 0.3 is 0 Å². The number of nitrogens with one attached hydrogen (secondary N) is 1. The molecule has 0 bridgehead atoms. The van der Waals surface area contributed by atoms with Crippen LogP contribution in [0.3, 0.4) is 0 Å². The summed E-state index contributed by atoms with van der Waals surface area (Å²) >= 11 is 6.05. The first-order valence-corrected chi connectivity index (χ1v) is 6.63. The van der Waals surface area contributed by atoms with Crippen molar-refractivity contribution in [2.24, 2.45) is 11.7 Å². The van der Waals surface area contributed by atoms with Gasteiger partial charge in [0.05, 0.1) is 0 Å². The summed E-state index contributed by atoms with van der Waals surface area (Å²) in [6.07, 6.45) is 6.88. The molecule has 1 fully saturated rings. The van der Waals surface area contributed by atoms with Gasteiger partial charge in [-0.25, -0.2) is 0 Å². The van der Waals surface area contributed by atoms with E-state index in [0.717, 1.165) is 17.0 Å². The maximum Gasteiger partial charge on any atom is 0.0457 e. The second-order valence-corrected chi connectivity index (χ2v) is 5.50. The molecule has 0 saturated heterocycles. The van der Waals surface area contributed by atoms with Crippen LogP contribution >= 0.6 is 11.6 Å². The molecule has 17 heavy (non-hydrogen) atoms. The molecule has 1 aliphatic carbocycles. The summed E-state index contributed by atoms with van der Waals surface area (Å²) in [5.41, 5.74) is 8.65. The highest BCUT2D eigenvalue weighted by Crippen LogP contribution is 2.30. The van der Waals surface area contributed by atoms with Crippen molar-refractivity contribution in [3.05, 3.63) is 35.0 Å². The van der Waals surface area contributed by atoms with Gasteiger partial charge < -0.3 is 10.7 Å². The quantitative estimate of drug-likeness (QED) is 0.839. The van der Waals surface area contributed by atoms with E-state index in [4.69, 9.17) is 17.3 Å². The van der Waals surface area contributed by atoms with Crippen LogP contribution in [-0.4, -0.2) is 11.0 Å². The number of H-pyrrole nitrogens is 1. The molecule has 1 saturated carbocycles. The van der Waals surface area contributed by atoms with Crippen LogP contribution in [0.5, 0.6) is 0 Å². The Kier molecular flexibility index (Phi) is 2.85. The molecule has 0 radical (unpaired) electrons. The van der Waals surface area contributed by atoms with E-state index in [1.807, 2.05) is 18.2 Å². The average Bonchev–Trinajstić information content (AvgIpc) is 2.88. The fraction of sp³-hybridized carbons (Fsp3) is 0.429. The summed E-state index contributed by atoms with van der Waals surface area (Å²) in [5, 5.41) is 2.05. The van der Waals surface area contributed by atoms with Crippen molar-refractivity contribution in [1.82, 2.24) is 4.98 Å². The maximum atomic E-state index is 6.13. The topological polar surface area (TPSA) is 41.8 Å². The second kappa shape index (κ2) is 4.35. The largest absolute Gasteiger partial charge is 0.361 e. The molecule has 0 aliphatic heterocycles. The van der Waals surface area contributed by atoms with Gasteiger partial charge in [-0.15, -0.1) is 0 Å². The van der Waals surface area contributed by atoms with Crippen molar-refractivity contribution in [3.8, 4) is 0 Å². The van der Waals surface area contributed by atoms with Crippen LogP contribution in [0.15, 0.2) is 24.4 Å². The van der Waals surface area contributed by atoms with E-state index < -0.39 is 0 Å². The molecular weight excluding hydrogens is 232 g/mol. The standard InChI is InChI=1S/C14H17ClN2/c15-11-4-5-14-12(7-11)10(8-17-14)6-9-2-1-3-13(9)16/h4-5,7-9,13,17H,1-3,6,16H2. The first-order chi connectivity index (χ1) is 8.24. The lowest BCUT2D eigenvalue weighted by atomic mass is 9.95. The van der Waals surface area contributed by atoms with Crippen LogP contribution in [0.4, 0.5) is 0 Å². The smallest absolute Gasteiger partial charge is 0.0457 e. The Bertz CT molecular complexity index is 532. The molecule has 1 aromatic heterocycles. The molecule has 1 aromatic carbocycles. The van der Waals surface area contributed by atoms with Crippen LogP contribution in [-0.2, 0) is 6.42 Å². The van der Waals surface area contributed by atoms with Gasteiger partial charge in [0.15, 0.2) is 0 Å². The predicted molar refractivity (Wildman–Crippen MR) is 72.3 cm³/mol. The first-order valence-electron chi connectivity index (χ1n) is 6.25. The molecule has 2 aromatic rings. The number of nitrogens with two attached hydrogens (primary N) is 1. The van der Waals surface area contributed by atoms with Crippen molar-refractivity contribution in [3.63, 3.8) is 0 Å². The fourth-order valence-electron chi connectivity index (χ4n) is 2.92. The Morgan fingerprint density at radius 3 is 3.00 bits per heavy atom. The third kappa shape index (κ3) is 2.07. The van der Waals surface area contributed by atoms with Crippen molar-refractivity contribution in [2.75, 3.05) is 0 Å². The fourth-order valence-corrected chi connectivity index (χ4v) is 3.09. The zero-order chi connectivity index (χ0) is 11.8. The van der Waals surface area contributed by atoms with E-state index >= 15 is 0 Å². The Hall–Kier alpha value is -0.990. The van der Waals surface area contributed by atoms with E-state index in [0.29, 0.717) is 12.0 Å². The Labute approximate surface area is 106 Å². The van der Waals surface area contributed by atoms with Gasteiger partial charge in [0, 0.05) is 28.2 Å². The second-order valence-electron chi connectivity index (χ2n) is 5.06. The van der Waals surface area contributed by atoms with Gasteiger partial charge in [0.2, 0.25) is 0 Å². The van der Waals surface area contributed by atoms with Crippen LogP contribution in [0.25, 0.3) is 10.9 Å². The third-order valence-electron chi connectivity index (χ3n) is 3.93. The Morgan fingerprint density at radius 2 is 2.24 bits per heavy atom. The van der Waals surface area contributed by atoms with E-state index in [9.17, 15) is 0 Å². The van der Waals surface area contributed by atoms with Gasteiger partial charge in [-0.1, -0.05) is 18.0 Å². The molecule has 2 unspecified atom stereocenters. The maximum absolute atomic E-state index is 6.13. The molecule has 0 spiro atoms. The minimum atomic E-state index is 0.374. The lowest BCUT2D eigenvalue weighted by Gasteiger charge is -2.14. The van der Waals surface area contributed by atoms with Crippen LogP contribution in [0, 0.1) is 5.92 Å². The van der Waals surface area contributed by atoms with E-state index in [-0.39, 0.29) is 0 Å². The van der Waals surface area contributed by atoms with Gasteiger partial charge in [-0.05, 0) is 48.9 Å². The SMILES string of the molecule is NC1CCCC1Cc1c[nH]c2ccc(Cl)cc12. The number of benzene rings is 1. The number of hydrogen-bond donors (Lipinski definition) is 2. The number of rotatable bonds is 2. The molecule has 1 aliphatic rings. The lowest BCUT2D eigenvalue weighted by Crippen LogP contribution is -2.25. The highest BCUT2D eigenvalue weighted by atomic mass is 35.5. The summed E-state index contributed by atoms with van der Waals surface area (Å²) in [4.78, 5) is 3.30. The number of fused-ring (bicyclic) bond motifs is 1. The molecule has 3 heteroatoms. The van der Waals surface area contributed by atoms with Gasteiger partial charge in [0.1, 0.15) is 0 Å². The lowest BCUT2D eigenvalue weighted by molar-refractivity contribution is 0.480. The van der Waals surface area contributed by atoms with Crippen LogP contribution in [0.2, 0.25) is 5.02 Å². The highest BCUT2D eigenvalue weighted by Gasteiger charge is 2.24. The van der Waals surface area contributed by atoms with Crippen molar-refractivity contribution >= 4 is 22.5 Å². The summed E-state index contributed by atoms with van der Waals surface area (Å²) in [7, 11) is 0. The number of halogens is 1. The summed E-state index contributed by atoms with van der Waals surface area (Å²) < 4.78 is 0. The van der Waals surface area contributed by atoms with E-state index in [2.05, 4.69) is 11.2 Å². The third-order valence-corrected chi connectivity index (χ3v) is 4.16. The van der Waals surface area contributed by atoms with E-state index in [1.165, 1.54) is 30.2 Å². The van der Waals surface area contributed by atoms with Crippen molar-refractivity contribution < 1.29 is 0 Å². The molecule has 2 atom stereocenters. The van der Waals surface area contributed by atoms with Gasteiger partial charge in [0.25, 0.3) is 0 Å². The molecule has 90 valence electrons. The monoisotopic (exact) mass is 248 g/mol. The van der Waals surface area contributed by atoms with Gasteiger partial charge in [-0.2, -0.15) is 0 Å². The zero-order valence-electron chi connectivity index (χ0n) is 9.75. The molecule has 0 amide bonds. The van der Waals surface area contributed by atoms with Gasteiger partial charge in [-0.3, -0.25) is 0 Å². The molecule has 2 nitrogen and oxygen atoms in total. The minimum absolute atomic E-state index is 0.374. The summed E-state index contributed by atoms with van der Waals surface area (Å²) in [5.74, 6) is 0.632. The summed E-state index contributed by atoms with van der Waals surface area (Å²) in [6, 6.07) is 6.38. The molecule has 1 heterocycles. The minimum Gasteiger partial charge on any atom is -0.361 e. The zero-order valence-corrected chi connectivity index (χ0v) is 10.5. The van der Waals surface area contributed by atoms with Crippen LogP contribution < -0.4 is 5.73 Å². The summed E-state index contributed by atoms with van der Waals surface area (Å²) in [6.45, 7) is 0. The predicted octanol–water partition coefficient (Wildman–Crippen LogP) is 3.49. The van der Waals surface area contributed by atoms with Crippen molar-refractivity contribution in [1.29, 1.82) is 0 Å². The number of aromatic amines is 1. The Balaban J connectivity index is 1.92.